The minimum absolute atomic E-state index is 0.00586. The van der Waals surface area contributed by atoms with Gasteiger partial charge >= 0.3 is 5.97 Å². The first-order valence-corrected chi connectivity index (χ1v) is 11.1. The van der Waals surface area contributed by atoms with Crippen LogP contribution in [0.3, 0.4) is 0 Å². The minimum atomic E-state index is -0.980. The molecule has 1 aliphatic carbocycles. The Morgan fingerprint density at radius 1 is 1.09 bits per heavy atom. The highest BCUT2D eigenvalue weighted by Gasteiger charge is 2.25. The Morgan fingerprint density at radius 2 is 1.82 bits per heavy atom. The molecular weight excluding hydrogens is 423 g/mol. The summed E-state index contributed by atoms with van der Waals surface area (Å²) in [7, 11) is 0. The zero-order valence-electron chi connectivity index (χ0n) is 17.9. The van der Waals surface area contributed by atoms with Crippen molar-refractivity contribution in [1.82, 2.24) is 19.7 Å². The summed E-state index contributed by atoms with van der Waals surface area (Å²) in [5.74, 6) is -0.860. The summed E-state index contributed by atoms with van der Waals surface area (Å²) >= 11 is 0. The van der Waals surface area contributed by atoms with E-state index in [2.05, 4.69) is 15.2 Å². The Hall–Kier alpha value is -3.81. The molecule has 168 valence electrons. The van der Waals surface area contributed by atoms with E-state index in [1.807, 2.05) is 28.8 Å². The number of carboxylic acids is 1. The van der Waals surface area contributed by atoms with Gasteiger partial charge in [-0.1, -0.05) is 61.7 Å². The van der Waals surface area contributed by atoms with Crippen LogP contribution in [0.5, 0.6) is 0 Å². The van der Waals surface area contributed by atoms with Gasteiger partial charge in [-0.05, 0) is 35.6 Å². The minimum Gasteiger partial charge on any atom is -0.478 e. The molecule has 0 bridgehead atoms. The summed E-state index contributed by atoms with van der Waals surface area (Å²) in [5.41, 5.74) is 2.30. The molecule has 1 saturated carbocycles. The van der Waals surface area contributed by atoms with Crippen molar-refractivity contribution in [2.45, 2.75) is 44.6 Å². The fourth-order valence-corrected chi connectivity index (χ4v) is 4.78. The van der Waals surface area contributed by atoms with Crippen molar-refractivity contribution in [3.63, 3.8) is 0 Å². The van der Waals surface area contributed by atoms with E-state index in [4.69, 9.17) is 0 Å². The van der Waals surface area contributed by atoms with Gasteiger partial charge in [0, 0.05) is 12.5 Å². The molecule has 0 spiro atoms. The molecule has 4 aromatic rings. The third-order valence-electron chi connectivity index (χ3n) is 6.40. The number of hydrogen-bond acceptors (Lipinski definition) is 4. The van der Waals surface area contributed by atoms with Crippen LogP contribution in [0.15, 0.2) is 53.3 Å². The molecule has 7 nitrogen and oxygen atoms in total. The van der Waals surface area contributed by atoms with Gasteiger partial charge in [-0.2, -0.15) is 4.39 Å². The molecule has 0 unspecified atom stereocenters. The topological polar surface area (TPSA) is 101 Å². The van der Waals surface area contributed by atoms with E-state index < -0.39 is 17.5 Å². The number of rotatable bonds is 5. The number of aromatic amines is 1. The number of hydrogen-bond donors (Lipinski definition) is 2. The SMILES string of the molecule is O=C(O)c1ccccc1-c1ccc(Cn2c(C3CCCCC3)nc3c(F)n[nH]c(=O)c32)cc1. The molecule has 1 fully saturated rings. The summed E-state index contributed by atoms with van der Waals surface area (Å²) in [6.07, 6.45) is 5.26. The second-order valence-corrected chi connectivity index (χ2v) is 8.48. The standard InChI is InChI=1S/C25H23FN4O3/c26-22-20-21(24(31)29-28-22)30(23(27-20)17-6-2-1-3-7-17)14-15-10-12-16(13-11-15)18-8-4-5-9-19(18)25(32)33/h4-5,8-13,17H,1-3,6-7,14H2,(H,29,31)(H,32,33). The number of fused-ring (bicyclic) bond motifs is 1. The highest BCUT2D eigenvalue weighted by atomic mass is 19.1. The Morgan fingerprint density at radius 3 is 2.55 bits per heavy atom. The van der Waals surface area contributed by atoms with Crippen molar-refractivity contribution in [3.8, 4) is 11.1 Å². The summed E-state index contributed by atoms with van der Waals surface area (Å²) in [6, 6.07) is 14.4. The Bertz CT molecular complexity index is 1390. The number of aromatic nitrogens is 4. The molecule has 0 amide bonds. The van der Waals surface area contributed by atoms with Crippen molar-refractivity contribution in [1.29, 1.82) is 0 Å². The highest BCUT2D eigenvalue weighted by Crippen LogP contribution is 2.34. The second kappa shape index (κ2) is 8.61. The maximum Gasteiger partial charge on any atom is 0.336 e. The zero-order chi connectivity index (χ0) is 22.9. The Balaban J connectivity index is 1.55. The largest absolute Gasteiger partial charge is 0.478 e. The molecule has 0 radical (unpaired) electrons. The number of halogens is 1. The van der Waals surface area contributed by atoms with Gasteiger partial charge in [0.2, 0.25) is 0 Å². The van der Waals surface area contributed by atoms with Gasteiger partial charge in [-0.3, -0.25) is 4.79 Å². The second-order valence-electron chi connectivity index (χ2n) is 8.48. The molecule has 8 heteroatoms. The lowest BCUT2D eigenvalue weighted by Crippen LogP contribution is -2.17. The fraction of sp³-hybridized carbons (Fsp3) is 0.280. The lowest BCUT2D eigenvalue weighted by atomic mass is 9.88. The number of H-pyrrole nitrogens is 1. The van der Waals surface area contributed by atoms with Crippen LogP contribution in [-0.4, -0.2) is 30.8 Å². The fourth-order valence-electron chi connectivity index (χ4n) is 4.78. The van der Waals surface area contributed by atoms with Gasteiger partial charge in [-0.15, -0.1) is 5.10 Å². The van der Waals surface area contributed by atoms with Crippen LogP contribution in [0.1, 0.15) is 59.8 Å². The maximum absolute atomic E-state index is 14.4. The van der Waals surface area contributed by atoms with Crippen LogP contribution in [-0.2, 0) is 6.54 Å². The summed E-state index contributed by atoms with van der Waals surface area (Å²) in [4.78, 5) is 28.7. The first kappa shape index (κ1) is 21.1. The van der Waals surface area contributed by atoms with Gasteiger partial charge in [0.1, 0.15) is 11.3 Å². The van der Waals surface area contributed by atoms with Gasteiger partial charge in [0.15, 0.2) is 5.52 Å². The molecule has 2 heterocycles. The molecule has 0 atom stereocenters. The molecule has 33 heavy (non-hydrogen) atoms. The predicted octanol–water partition coefficient (Wildman–Crippen LogP) is 4.72. The van der Waals surface area contributed by atoms with E-state index in [0.29, 0.717) is 12.1 Å². The number of nitrogens with one attached hydrogen (secondary N) is 1. The van der Waals surface area contributed by atoms with Crippen LogP contribution in [0.4, 0.5) is 4.39 Å². The third-order valence-corrected chi connectivity index (χ3v) is 6.40. The molecular formula is C25H23FN4O3. The molecule has 2 aromatic heterocycles. The molecule has 2 aromatic carbocycles. The number of carbonyl (C=O) groups is 1. The summed E-state index contributed by atoms with van der Waals surface area (Å²) in [6.45, 7) is 0.357. The molecule has 0 saturated heterocycles. The smallest absolute Gasteiger partial charge is 0.336 e. The Labute approximate surface area is 188 Å². The van der Waals surface area contributed by atoms with E-state index in [1.165, 1.54) is 6.42 Å². The van der Waals surface area contributed by atoms with Crippen LogP contribution < -0.4 is 5.56 Å². The van der Waals surface area contributed by atoms with Gasteiger partial charge in [0.25, 0.3) is 11.5 Å². The lowest BCUT2D eigenvalue weighted by molar-refractivity contribution is 0.0697. The monoisotopic (exact) mass is 446 g/mol. The highest BCUT2D eigenvalue weighted by molar-refractivity contribution is 5.96. The van der Waals surface area contributed by atoms with Crippen molar-refractivity contribution < 1.29 is 14.3 Å². The summed E-state index contributed by atoms with van der Waals surface area (Å²) in [5, 5.41) is 15.2. The average Bonchev–Trinajstić information content (AvgIpc) is 3.23. The van der Waals surface area contributed by atoms with Crippen LogP contribution >= 0.6 is 0 Å². The van der Waals surface area contributed by atoms with Crippen molar-refractivity contribution >= 4 is 17.0 Å². The average molecular weight is 446 g/mol. The third kappa shape index (κ3) is 3.92. The lowest BCUT2D eigenvalue weighted by Gasteiger charge is -2.22. The van der Waals surface area contributed by atoms with Gasteiger partial charge in [-0.25, -0.2) is 14.9 Å². The van der Waals surface area contributed by atoms with Crippen LogP contribution in [0.25, 0.3) is 22.2 Å². The van der Waals surface area contributed by atoms with Gasteiger partial charge in [0.05, 0.1) is 5.56 Å². The van der Waals surface area contributed by atoms with Crippen molar-refractivity contribution in [3.05, 3.63) is 81.8 Å². The van der Waals surface area contributed by atoms with Crippen molar-refractivity contribution in [2.75, 3.05) is 0 Å². The normalized spacial score (nSPS) is 14.6. The predicted molar refractivity (Wildman–Crippen MR) is 122 cm³/mol. The molecule has 0 aliphatic heterocycles. The maximum atomic E-state index is 14.4. The molecule has 1 aliphatic rings. The number of carboxylic acid groups (broad SMARTS) is 1. The summed E-state index contributed by atoms with van der Waals surface area (Å²) < 4.78 is 16.2. The van der Waals surface area contributed by atoms with E-state index in [0.717, 1.165) is 42.6 Å². The number of nitrogens with zero attached hydrogens (tertiary/aromatic N) is 3. The quantitative estimate of drug-likeness (QED) is 0.462. The number of imidazole rings is 1. The van der Waals surface area contributed by atoms with E-state index in [1.54, 1.807) is 24.3 Å². The number of aromatic carboxylic acids is 1. The molecule has 2 N–H and O–H groups in total. The van der Waals surface area contributed by atoms with E-state index >= 15 is 0 Å². The van der Waals surface area contributed by atoms with E-state index in [9.17, 15) is 19.1 Å². The van der Waals surface area contributed by atoms with Crippen LogP contribution in [0, 0.1) is 5.95 Å². The first-order valence-electron chi connectivity index (χ1n) is 11.1. The molecule has 5 rings (SSSR count). The van der Waals surface area contributed by atoms with E-state index in [-0.39, 0.29) is 22.5 Å². The zero-order valence-corrected chi connectivity index (χ0v) is 17.9. The van der Waals surface area contributed by atoms with Gasteiger partial charge < -0.3 is 9.67 Å². The number of benzene rings is 2. The van der Waals surface area contributed by atoms with Crippen molar-refractivity contribution in [2.24, 2.45) is 0 Å². The first-order chi connectivity index (χ1) is 16.0. The van der Waals surface area contributed by atoms with Crippen LogP contribution in [0.2, 0.25) is 0 Å². The Kier molecular flexibility index (Phi) is 5.50.